The van der Waals surface area contributed by atoms with Crippen LogP contribution in [0, 0.1) is 5.92 Å². The summed E-state index contributed by atoms with van der Waals surface area (Å²) in [5, 5.41) is 14.9. The zero-order valence-corrected chi connectivity index (χ0v) is 14.4. The second-order valence-electron chi connectivity index (χ2n) is 7.20. The molecular formula is C18H25N5O. The molecule has 4 rings (SSSR count). The van der Waals surface area contributed by atoms with Gasteiger partial charge in [-0.05, 0) is 36.5 Å². The van der Waals surface area contributed by atoms with Gasteiger partial charge < -0.3 is 10.0 Å². The predicted molar refractivity (Wildman–Crippen MR) is 92.6 cm³/mol. The minimum atomic E-state index is -0.376. The van der Waals surface area contributed by atoms with Crippen molar-refractivity contribution in [2.75, 3.05) is 25.5 Å². The van der Waals surface area contributed by atoms with Crippen LogP contribution in [0.4, 0.5) is 5.82 Å². The maximum atomic E-state index is 10.3. The Morgan fingerprint density at radius 1 is 1.29 bits per heavy atom. The summed E-state index contributed by atoms with van der Waals surface area (Å²) >= 11 is 0. The molecule has 1 fully saturated rings. The van der Waals surface area contributed by atoms with Gasteiger partial charge in [-0.25, -0.2) is 4.98 Å². The van der Waals surface area contributed by atoms with E-state index < -0.39 is 0 Å². The van der Waals surface area contributed by atoms with E-state index in [0.717, 1.165) is 50.5 Å². The van der Waals surface area contributed by atoms with Crippen molar-refractivity contribution in [1.82, 2.24) is 19.7 Å². The van der Waals surface area contributed by atoms with Crippen molar-refractivity contribution in [2.24, 2.45) is 5.92 Å². The second kappa shape index (κ2) is 6.18. The molecule has 1 aliphatic heterocycles. The molecular weight excluding hydrogens is 302 g/mol. The molecule has 6 nitrogen and oxygen atoms in total. The second-order valence-corrected chi connectivity index (χ2v) is 7.20. The molecule has 0 aromatic carbocycles. The summed E-state index contributed by atoms with van der Waals surface area (Å²) in [6, 6.07) is 6.30. The van der Waals surface area contributed by atoms with Crippen molar-refractivity contribution < 1.29 is 5.11 Å². The first kappa shape index (κ1) is 15.6. The maximum Gasteiger partial charge on any atom is 0.127 e. The molecule has 0 radical (unpaired) electrons. The van der Waals surface area contributed by atoms with Crippen LogP contribution in [0.3, 0.4) is 0 Å². The summed E-state index contributed by atoms with van der Waals surface area (Å²) in [4.78, 5) is 8.91. The first-order valence-electron chi connectivity index (χ1n) is 8.69. The van der Waals surface area contributed by atoms with E-state index in [1.165, 1.54) is 11.3 Å². The molecule has 1 N–H and O–H groups in total. The van der Waals surface area contributed by atoms with E-state index in [0.29, 0.717) is 5.92 Å². The number of pyridine rings is 1. The highest BCUT2D eigenvalue weighted by atomic mass is 16.3. The molecule has 1 aliphatic carbocycles. The summed E-state index contributed by atoms with van der Waals surface area (Å²) in [5.74, 6) is 1.41. The zero-order chi connectivity index (χ0) is 16.7. The van der Waals surface area contributed by atoms with Crippen LogP contribution in [-0.2, 0) is 19.6 Å². The normalized spacial score (nSPS) is 19.1. The van der Waals surface area contributed by atoms with Crippen LogP contribution in [0.25, 0.3) is 0 Å². The lowest BCUT2D eigenvalue weighted by molar-refractivity contribution is 0.147. The predicted octanol–water partition coefficient (Wildman–Crippen LogP) is 1.80. The zero-order valence-electron chi connectivity index (χ0n) is 14.4. The first-order valence-corrected chi connectivity index (χ1v) is 8.69. The summed E-state index contributed by atoms with van der Waals surface area (Å²) in [7, 11) is 4.00. The highest BCUT2D eigenvalue weighted by Crippen LogP contribution is 2.40. The summed E-state index contributed by atoms with van der Waals surface area (Å²) in [5.41, 5.74) is 3.28. The third-order valence-corrected chi connectivity index (χ3v) is 4.94. The van der Waals surface area contributed by atoms with Crippen molar-refractivity contribution in [1.29, 1.82) is 0 Å². The molecule has 1 unspecified atom stereocenters. The third-order valence-electron chi connectivity index (χ3n) is 4.94. The number of aliphatic hydroxyl groups is 1. The van der Waals surface area contributed by atoms with E-state index in [1.54, 1.807) is 0 Å². The van der Waals surface area contributed by atoms with Gasteiger partial charge in [-0.1, -0.05) is 6.07 Å². The molecule has 2 aromatic heterocycles. The SMILES string of the molecule is CN(C)c1ccc(CN2CCn3nc(C(O)C4CC4)cc3C2)cn1. The van der Waals surface area contributed by atoms with Crippen LogP contribution in [0.1, 0.15) is 35.9 Å². The number of fused-ring (bicyclic) bond motifs is 1. The monoisotopic (exact) mass is 327 g/mol. The average molecular weight is 327 g/mol. The molecule has 1 atom stereocenters. The van der Waals surface area contributed by atoms with Crippen LogP contribution in [0.15, 0.2) is 24.4 Å². The fourth-order valence-corrected chi connectivity index (χ4v) is 3.31. The summed E-state index contributed by atoms with van der Waals surface area (Å²) < 4.78 is 2.06. The van der Waals surface area contributed by atoms with Gasteiger partial charge in [0.2, 0.25) is 0 Å². The van der Waals surface area contributed by atoms with Crippen molar-refractivity contribution in [3.63, 3.8) is 0 Å². The molecule has 6 heteroatoms. The molecule has 24 heavy (non-hydrogen) atoms. The van der Waals surface area contributed by atoms with E-state index in [1.807, 2.05) is 25.2 Å². The minimum Gasteiger partial charge on any atom is -0.386 e. The largest absolute Gasteiger partial charge is 0.386 e. The average Bonchev–Trinajstić information content (AvgIpc) is 3.34. The Labute approximate surface area is 142 Å². The Bertz CT molecular complexity index is 705. The van der Waals surface area contributed by atoms with Gasteiger partial charge in [0.15, 0.2) is 0 Å². The smallest absolute Gasteiger partial charge is 0.127 e. The third kappa shape index (κ3) is 3.16. The Hall–Kier alpha value is -1.92. The number of anilines is 1. The van der Waals surface area contributed by atoms with Crippen LogP contribution < -0.4 is 4.90 Å². The van der Waals surface area contributed by atoms with Crippen LogP contribution in [-0.4, -0.2) is 45.4 Å². The number of aromatic nitrogens is 3. The number of rotatable bonds is 5. The number of hydrogen-bond donors (Lipinski definition) is 1. The minimum absolute atomic E-state index is 0.376. The molecule has 1 saturated carbocycles. The molecule has 2 aliphatic rings. The lowest BCUT2D eigenvalue weighted by atomic mass is 10.1. The maximum absolute atomic E-state index is 10.3. The quantitative estimate of drug-likeness (QED) is 0.907. The van der Waals surface area contributed by atoms with Gasteiger partial charge in [-0.2, -0.15) is 5.10 Å². The fourth-order valence-electron chi connectivity index (χ4n) is 3.31. The van der Waals surface area contributed by atoms with Gasteiger partial charge in [-0.15, -0.1) is 0 Å². The molecule has 3 heterocycles. The summed E-state index contributed by atoms with van der Waals surface area (Å²) in [6.07, 6.45) is 3.85. The standard InChI is InChI=1S/C18H25N5O/c1-21(2)17-6-3-13(10-19-17)11-22-7-8-23-15(12-22)9-16(20-23)18(24)14-4-5-14/h3,6,9-10,14,18,24H,4-5,7-8,11-12H2,1-2H3. The van der Waals surface area contributed by atoms with Gasteiger partial charge in [0.1, 0.15) is 11.9 Å². The van der Waals surface area contributed by atoms with E-state index in [2.05, 4.69) is 37.9 Å². The topological polar surface area (TPSA) is 57.4 Å². The van der Waals surface area contributed by atoms with Crippen LogP contribution >= 0.6 is 0 Å². The number of nitrogens with zero attached hydrogens (tertiary/aromatic N) is 5. The number of hydrogen-bond acceptors (Lipinski definition) is 5. The lowest BCUT2D eigenvalue weighted by Crippen LogP contribution is -2.33. The molecule has 128 valence electrons. The number of aliphatic hydroxyl groups excluding tert-OH is 1. The Balaban J connectivity index is 1.42. The molecule has 0 bridgehead atoms. The molecule has 2 aromatic rings. The van der Waals surface area contributed by atoms with Crippen molar-refractivity contribution in [3.05, 3.63) is 41.3 Å². The van der Waals surface area contributed by atoms with E-state index in [4.69, 9.17) is 0 Å². The van der Waals surface area contributed by atoms with Crippen LogP contribution in [0.5, 0.6) is 0 Å². The Morgan fingerprint density at radius 2 is 2.12 bits per heavy atom. The molecule has 0 saturated heterocycles. The molecule has 0 spiro atoms. The van der Waals surface area contributed by atoms with Crippen molar-refractivity contribution >= 4 is 5.82 Å². The van der Waals surface area contributed by atoms with Gasteiger partial charge in [0.25, 0.3) is 0 Å². The first-order chi connectivity index (χ1) is 11.6. The Morgan fingerprint density at radius 3 is 2.79 bits per heavy atom. The van der Waals surface area contributed by atoms with Gasteiger partial charge in [-0.3, -0.25) is 9.58 Å². The highest BCUT2D eigenvalue weighted by molar-refractivity contribution is 5.37. The Kier molecular flexibility index (Phi) is 4.02. The van der Waals surface area contributed by atoms with Gasteiger partial charge in [0.05, 0.1) is 17.9 Å². The lowest BCUT2D eigenvalue weighted by Gasteiger charge is -2.27. The van der Waals surface area contributed by atoms with E-state index in [-0.39, 0.29) is 6.10 Å². The van der Waals surface area contributed by atoms with Crippen molar-refractivity contribution in [3.8, 4) is 0 Å². The fraction of sp³-hybridized carbons (Fsp3) is 0.556. The highest BCUT2D eigenvalue weighted by Gasteiger charge is 2.33. The van der Waals surface area contributed by atoms with Crippen molar-refractivity contribution in [2.45, 2.75) is 38.6 Å². The molecule has 0 amide bonds. The van der Waals surface area contributed by atoms with Crippen LogP contribution in [0.2, 0.25) is 0 Å². The van der Waals surface area contributed by atoms with E-state index >= 15 is 0 Å². The van der Waals surface area contributed by atoms with Gasteiger partial charge in [0, 0.05) is 39.9 Å². The van der Waals surface area contributed by atoms with E-state index in [9.17, 15) is 5.11 Å². The van der Waals surface area contributed by atoms with Gasteiger partial charge >= 0.3 is 0 Å². The summed E-state index contributed by atoms with van der Waals surface area (Å²) in [6.45, 7) is 3.63.